The van der Waals surface area contributed by atoms with E-state index in [1.807, 2.05) is 4.89 Å². The highest BCUT2D eigenvalue weighted by Crippen LogP contribution is 2.43. The van der Waals surface area contributed by atoms with E-state index in [-0.39, 0.29) is 4.21 Å². The first-order valence-electron chi connectivity index (χ1n) is 5.75. The molecule has 1 fully saturated rings. The van der Waals surface area contributed by atoms with Crippen LogP contribution < -0.4 is 4.89 Å². The van der Waals surface area contributed by atoms with Crippen LogP contribution >= 0.6 is 11.3 Å². The standard InChI is InChI=1S/C11H15NO5S2/c1-11(2,10(13)14)17-12-19(15,16)9-6-5-8(18-9)7-3-4-7/h5-7,12H,3-4H2,1-2H3,(H,13,14). The third kappa shape index (κ3) is 3.33. The van der Waals surface area contributed by atoms with Gasteiger partial charge in [-0.3, -0.25) is 4.84 Å². The summed E-state index contributed by atoms with van der Waals surface area (Å²) in [5.74, 6) is -0.773. The number of thiophene rings is 1. The molecule has 0 saturated heterocycles. The molecule has 106 valence electrons. The zero-order chi connectivity index (χ0) is 14.3. The molecule has 0 atom stereocenters. The Morgan fingerprint density at radius 3 is 2.63 bits per heavy atom. The fourth-order valence-corrected chi connectivity index (χ4v) is 3.69. The van der Waals surface area contributed by atoms with E-state index >= 15 is 0 Å². The van der Waals surface area contributed by atoms with E-state index < -0.39 is 21.6 Å². The van der Waals surface area contributed by atoms with Gasteiger partial charge in [0, 0.05) is 4.88 Å². The lowest BCUT2D eigenvalue weighted by molar-refractivity contribution is -0.165. The molecule has 1 aromatic heterocycles. The van der Waals surface area contributed by atoms with Crippen molar-refractivity contribution in [2.75, 3.05) is 0 Å². The van der Waals surface area contributed by atoms with Crippen molar-refractivity contribution >= 4 is 27.3 Å². The molecule has 19 heavy (non-hydrogen) atoms. The van der Waals surface area contributed by atoms with E-state index in [2.05, 4.69) is 0 Å². The summed E-state index contributed by atoms with van der Waals surface area (Å²) < 4.78 is 24.0. The van der Waals surface area contributed by atoms with Gasteiger partial charge in [-0.2, -0.15) is 0 Å². The fraction of sp³-hybridized carbons (Fsp3) is 0.545. The molecule has 8 heteroatoms. The summed E-state index contributed by atoms with van der Waals surface area (Å²) in [4.78, 5) is 18.5. The lowest BCUT2D eigenvalue weighted by Crippen LogP contribution is -2.41. The van der Waals surface area contributed by atoms with Gasteiger partial charge in [-0.15, -0.1) is 11.3 Å². The SMILES string of the molecule is CC(C)(ONS(=O)(=O)c1ccc(C2CC2)s1)C(=O)O. The summed E-state index contributed by atoms with van der Waals surface area (Å²) in [7, 11) is -3.83. The Hall–Kier alpha value is -0.960. The zero-order valence-corrected chi connectivity index (χ0v) is 12.2. The van der Waals surface area contributed by atoms with Crippen LogP contribution in [0.5, 0.6) is 0 Å². The molecule has 6 nitrogen and oxygen atoms in total. The van der Waals surface area contributed by atoms with Crippen LogP contribution in [0.15, 0.2) is 16.3 Å². The van der Waals surface area contributed by atoms with E-state index in [9.17, 15) is 13.2 Å². The van der Waals surface area contributed by atoms with Gasteiger partial charge in [0.1, 0.15) is 4.21 Å². The zero-order valence-electron chi connectivity index (χ0n) is 10.5. The van der Waals surface area contributed by atoms with Crippen LogP contribution in [0.1, 0.15) is 37.5 Å². The second-order valence-electron chi connectivity index (χ2n) is 4.94. The lowest BCUT2D eigenvalue weighted by Gasteiger charge is -2.19. The molecule has 2 rings (SSSR count). The Bertz CT molecular complexity index is 586. The van der Waals surface area contributed by atoms with Gasteiger partial charge in [0.05, 0.1) is 0 Å². The summed E-state index contributed by atoms with van der Waals surface area (Å²) in [5, 5.41) is 8.84. The molecule has 1 heterocycles. The van der Waals surface area contributed by atoms with Crippen LogP contribution in [0.3, 0.4) is 0 Å². The largest absolute Gasteiger partial charge is 0.479 e. The Morgan fingerprint density at radius 2 is 2.11 bits per heavy atom. The van der Waals surface area contributed by atoms with Crippen LogP contribution in [0, 0.1) is 0 Å². The van der Waals surface area contributed by atoms with Gasteiger partial charge in [-0.25, -0.2) is 13.2 Å². The fourth-order valence-electron chi connectivity index (χ4n) is 1.31. The number of hydrogen-bond donors (Lipinski definition) is 2. The number of hydrogen-bond acceptors (Lipinski definition) is 5. The normalized spacial score (nSPS) is 16.5. The number of carboxylic acid groups (broad SMARTS) is 1. The summed E-state index contributed by atoms with van der Waals surface area (Å²) in [6.07, 6.45) is 2.19. The number of carbonyl (C=O) groups is 1. The predicted molar refractivity (Wildman–Crippen MR) is 69.4 cm³/mol. The monoisotopic (exact) mass is 305 g/mol. The van der Waals surface area contributed by atoms with Crippen molar-refractivity contribution in [2.24, 2.45) is 0 Å². The minimum Gasteiger partial charge on any atom is -0.479 e. The molecule has 0 bridgehead atoms. The average Bonchev–Trinajstić information content (AvgIpc) is 3.04. The highest BCUT2D eigenvalue weighted by atomic mass is 32.2. The third-order valence-electron chi connectivity index (χ3n) is 2.77. The minimum atomic E-state index is -3.83. The van der Waals surface area contributed by atoms with Crippen LogP contribution in [-0.2, 0) is 19.7 Å². The van der Waals surface area contributed by atoms with Gasteiger partial charge in [0.25, 0.3) is 10.0 Å². The Balaban J connectivity index is 2.07. The smallest absolute Gasteiger partial charge is 0.337 e. The second kappa shape index (κ2) is 4.86. The number of sulfonamides is 1. The van der Waals surface area contributed by atoms with E-state index in [0.29, 0.717) is 5.92 Å². The predicted octanol–water partition coefficient (Wildman–Crippen LogP) is 1.70. The molecule has 1 aromatic rings. The van der Waals surface area contributed by atoms with Crippen molar-refractivity contribution in [1.29, 1.82) is 0 Å². The van der Waals surface area contributed by atoms with Crippen molar-refractivity contribution in [1.82, 2.24) is 4.89 Å². The van der Waals surface area contributed by atoms with Gasteiger partial charge >= 0.3 is 5.97 Å². The first kappa shape index (κ1) is 14.4. The Kier molecular flexibility index (Phi) is 3.69. The minimum absolute atomic E-state index is 0.135. The summed E-state index contributed by atoms with van der Waals surface area (Å²) in [6.45, 7) is 2.53. The number of nitrogens with one attached hydrogen (secondary N) is 1. The van der Waals surface area contributed by atoms with E-state index in [0.717, 1.165) is 17.7 Å². The first-order chi connectivity index (χ1) is 8.72. The van der Waals surface area contributed by atoms with Gasteiger partial charge in [-0.05, 0) is 44.7 Å². The van der Waals surface area contributed by atoms with Crippen molar-refractivity contribution in [3.63, 3.8) is 0 Å². The summed E-state index contributed by atoms with van der Waals surface area (Å²) >= 11 is 1.19. The molecule has 1 aliphatic carbocycles. The molecular formula is C11H15NO5S2. The van der Waals surface area contributed by atoms with Crippen molar-refractivity contribution in [3.8, 4) is 0 Å². The molecule has 0 unspecified atom stereocenters. The number of rotatable bonds is 6. The molecule has 0 spiro atoms. The van der Waals surface area contributed by atoms with Crippen LogP contribution in [0.25, 0.3) is 0 Å². The molecule has 0 amide bonds. The molecule has 1 saturated carbocycles. The van der Waals surface area contributed by atoms with E-state index in [1.165, 1.54) is 31.3 Å². The number of aliphatic carboxylic acids is 1. The lowest BCUT2D eigenvalue weighted by atomic mass is 10.1. The molecule has 0 aliphatic heterocycles. The first-order valence-corrected chi connectivity index (χ1v) is 8.05. The Labute approximate surface area is 115 Å². The van der Waals surface area contributed by atoms with Crippen LogP contribution in [0.2, 0.25) is 0 Å². The highest BCUT2D eigenvalue weighted by molar-refractivity contribution is 7.91. The summed E-state index contributed by atoms with van der Waals surface area (Å²) in [5.41, 5.74) is -1.62. The van der Waals surface area contributed by atoms with Gasteiger partial charge < -0.3 is 5.11 Å². The van der Waals surface area contributed by atoms with Crippen LogP contribution in [0.4, 0.5) is 0 Å². The molecule has 0 aromatic carbocycles. The summed E-state index contributed by atoms with van der Waals surface area (Å²) in [6, 6.07) is 3.30. The molecule has 0 radical (unpaired) electrons. The van der Waals surface area contributed by atoms with Gasteiger partial charge in [0.2, 0.25) is 0 Å². The molecule has 2 N–H and O–H groups in total. The topological polar surface area (TPSA) is 92.7 Å². The second-order valence-corrected chi connectivity index (χ2v) is 7.92. The van der Waals surface area contributed by atoms with Gasteiger partial charge in [0.15, 0.2) is 5.60 Å². The average molecular weight is 305 g/mol. The number of carboxylic acids is 1. The van der Waals surface area contributed by atoms with Crippen molar-refractivity contribution in [2.45, 2.75) is 42.4 Å². The van der Waals surface area contributed by atoms with E-state index in [4.69, 9.17) is 9.94 Å². The van der Waals surface area contributed by atoms with Gasteiger partial charge in [-0.1, -0.05) is 4.89 Å². The molecular weight excluding hydrogens is 290 g/mol. The maximum Gasteiger partial charge on any atom is 0.337 e. The van der Waals surface area contributed by atoms with Crippen molar-refractivity contribution < 1.29 is 23.2 Å². The third-order valence-corrected chi connectivity index (χ3v) is 5.69. The highest BCUT2D eigenvalue weighted by Gasteiger charge is 2.32. The maximum atomic E-state index is 11.9. The van der Waals surface area contributed by atoms with Crippen molar-refractivity contribution in [3.05, 3.63) is 17.0 Å². The Morgan fingerprint density at radius 1 is 1.47 bits per heavy atom. The van der Waals surface area contributed by atoms with Crippen LogP contribution in [-0.4, -0.2) is 25.1 Å². The van der Waals surface area contributed by atoms with E-state index in [1.54, 1.807) is 6.07 Å². The maximum absolute atomic E-state index is 11.9. The quantitative estimate of drug-likeness (QED) is 0.780. The molecule has 1 aliphatic rings.